The Morgan fingerprint density at radius 3 is 2.79 bits per heavy atom. The number of aromatic amines is 1. The number of nitrogens with zero attached hydrogens (tertiary/aromatic N) is 2. The fourth-order valence-corrected chi connectivity index (χ4v) is 4.46. The molecule has 0 aliphatic carbocycles. The lowest BCUT2D eigenvalue weighted by Crippen LogP contribution is -2.25. The van der Waals surface area contributed by atoms with Crippen LogP contribution < -0.4 is 9.60 Å². The maximum atomic E-state index is 12.3. The first-order valence-electron chi connectivity index (χ1n) is 7.49. The topological polar surface area (TPSA) is 96.9 Å². The number of aryl methyl sites for hydroxylation is 3. The monoisotopic (exact) mass is 366 g/mol. The minimum absolute atomic E-state index is 0.163. The molecule has 1 aromatic carbocycles. The third-order valence-electron chi connectivity index (χ3n) is 3.64. The normalized spacial score (nSPS) is 12.1. The molecule has 3 rings (SSSR count). The summed E-state index contributed by atoms with van der Waals surface area (Å²) in [7, 11) is -3.59. The van der Waals surface area contributed by atoms with Gasteiger partial charge < -0.3 is 4.98 Å². The Balaban J connectivity index is 1.64. The molecule has 0 aliphatic rings. The minimum atomic E-state index is -3.59. The molecule has 2 N–H and O–H groups in total. The van der Waals surface area contributed by atoms with Crippen molar-refractivity contribution >= 4 is 31.6 Å². The average molecular weight is 366 g/mol. The molecule has 0 radical (unpaired) electrons. The van der Waals surface area contributed by atoms with Crippen molar-refractivity contribution in [2.75, 3.05) is 6.54 Å². The summed E-state index contributed by atoms with van der Waals surface area (Å²) < 4.78 is 29.8. The first kappa shape index (κ1) is 16.9. The predicted octanol–water partition coefficient (Wildman–Crippen LogP) is 1.77. The quantitative estimate of drug-likeness (QED) is 0.650. The summed E-state index contributed by atoms with van der Waals surface area (Å²) in [5.74, 6) is 0. The van der Waals surface area contributed by atoms with E-state index in [1.165, 1.54) is 12.1 Å². The predicted molar refractivity (Wildman–Crippen MR) is 94.0 cm³/mol. The molecule has 3 aromatic rings. The van der Waals surface area contributed by atoms with Gasteiger partial charge in [0, 0.05) is 18.8 Å². The van der Waals surface area contributed by atoms with Crippen LogP contribution in [-0.2, 0) is 16.6 Å². The van der Waals surface area contributed by atoms with E-state index in [1.54, 1.807) is 6.07 Å². The molecule has 0 aliphatic heterocycles. The maximum absolute atomic E-state index is 12.3. The van der Waals surface area contributed by atoms with Gasteiger partial charge in [0.15, 0.2) is 0 Å². The van der Waals surface area contributed by atoms with E-state index < -0.39 is 10.0 Å². The van der Waals surface area contributed by atoms with Crippen molar-refractivity contribution < 1.29 is 8.42 Å². The number of hydrogen-bond donors (Lipinski definition) is 2. The number of H-pyrrole nitrogens is 1. The van der Waals surface area contributed by atoms with Crippen LogP contribution in [0.2, 0.25) is 0 Å². The summed E-state index contributed by atoms with van der Waals surface area (Å²) in [6.45, 7) is 4.88. The molecule has 128 valence electrons. The third kappa shape index (κ3) is 3.58. The molecule has 7 nitrogen and oxygen atoms in total. The molecule has 0 unspecified atom stereocenters. The molecular weight excluding hydrogens is 348 g/mol. The lowest BCUT2D eigenvalue weighted by molar-refractivity contribution is 0.544. The summed E-state index contributed by atoms with van der Waals surface area (Å²) in [5.41, 5.74) is 2.66. The Hall–Kier alpha value is -1.97. The molecule has 0 bridgehead atoms. The Kier molecular flexibility index (Phi) is 4.57. The van der Waals surface area contributed by atoms with Crippen LogP contribution in [0.1, 0.15) is 17.8 Å². The Bertz CT molecular complexity index is 1030. The van der Waals surface area contributed by atoms with Crippen LogP contribution in [0.4, 0.5) is 0 Å². The second kappa shape index (κ2) is 6.50. The highest BCUT2D eigenvalue weighted by atomic mass is 32.2. The number of nitrogens with one attached hydrogen (secondary N) is 2. The molecule has 0 saturated carbocycles. The zero-order chi connectivity index (χ0) is 17.3. The first-order chi connectivity index (χ1) is 11.3. The summed E-state index contributed by atoms with van der Waals surface area (Å²) in [4.78, 5) is 13.9. The molecule has 9 heteroatoms. The van der Waals surface area contributed by atoms with Gasteiger partial charge >= 0.3 is 4.87 Å². The van der Waals surface area contributed by atoms with Crippen LogP contribution in [-0.4, -0.2) is 29.7 Å². The van der Waals surface area contributed by atoms with Gasteiger partial charge in [-0.2, -0.15) is 5.10 Å². The van der Waals surface area contributed by atoms with Crippen molar-refractivity contribution in [2.45, 2.75) is 31.7 Å². The Morgan fingerprint density at radius 2 is 2.08 bits per heavy atom. The molecule has 0 spiro atoms. The van der Waals surface area contributed by atoms with Gasteiger partial charge in [0.1, 0.15) is 0 Å². The number of sulfonamides is 1. The number of benzene rings is 1. The van der Waals surface area contributed by atoms with E-state index in [9.17, 15) is 13.2 Å². The number of aromatic nitrogens is 3. The maximum Gasteiger partial charge on any atom is 0.305 e. The highest BCUT2D eigenvalue weighted by Gasteiger charge is 2.14. The van der Waals surface area contributed by atoms with E-state index >= 15 is 0 Å². The van der Waals surface area contributed by atoms with Crippen molar-refractivity contribution in [3.63, 3.8) is 0 Å². The first-order valence-corrected chi connectivity index (χ1v) is 9.79. The molecule has 2 heterocycles. The molecule has 0 atom stereocenters. The molecule has 0 saturated heterocycles. The van der Waals surface area contributed by atoms with Crippen molar-refractivity contribution in [2.24, 2.45) is 0 Å². The highest BCUT2D eigenvalue weighted by Crippen LogP contribution is 2.19. The van der Waals surface area contributed by atoms with Gasteiger partial charge in [-0.25, -0.2) is 13.1 Å². The van der Waals surface area contributed by atoms with Gasteiger partial charge in [-0.3, -0.25) is 9.48 Å². The van der Waals surface area contributed by atoms with Gasteiger partial charge in [0.2, 0.25) is 10.0 Å². The molecule has 24 heavy (non-hydrogen) atoms. The SMILES string of the molecule is Cc1cc(C)n(CCCNS(=O)(=O)c2ccc3[nH]c(=O)sc3c2)n1. The van der Waals surface area contributed by atoms with E-state index in [2.05, 4.69) is 14.8 Å². The highest BCUT2D eigenvalue weighted by molar-refractivity contribution is 7.89. The number of rotatable bonds is 6. The van der Waals surface area contributed by atoms with Gasteiger partial charge in [0.05, 0.1) is 20.8 Å². The smallest absolute Gasteiger partial charge is 0.305 e. The van der Waals surface area contributed by atoms with Gasteiger partial charge in [-0.1, -0.05) is 11.3 Å². The van der Waals surface area contributed by atoms with Crippen LogP contribution in [0.15, 0.2) is 34.0 Å². The van der Waals surface area contributed by atoms with Crippen molar-refractivity contribution in [3.8, 4) is 0 Å². The zero-order valence-corrected chi connectivity index (χ0v) is 15.0. The van der Waals surface area contributed by atoms with Crippen molar-refractivity contribution in [3.05, 3.63) is 45.3 Å². The van der Waals surface area contributed by atoms with Crippen LogP contribution in [0, 0.1) is 13.8 Å². The van der Waals surface area contributed by atoms with Gasteiger partial charge in [0.25, 0.3) is 0 Å². The number of thiazole rings is 1. The van der Waals surface area contributed by atoms with Crippen LogP contribution in [0.25, 0.3) is 10.2 Å². The second-order valence-electron chi connectivity index (χ2n) is 5.57. The van der Waals surface area contributed by atoms with E-state index in [0.717, 1.165) is 22.7 Å². The summed E-state index contributed by atoms with van der Waals surface area (Å²) >= 11 is 0.997. The summed E-state index contributed by atoms with van der Waals surface area (Å²) in [6, 6.07) is 6.61. The zero-order valence-electron chi connectivity index (χ0n) is 13.4. The van der Waals surface area contributed by atoms with Crippen LogP contribution in [0.5, 0.6) is 0 Å². The Morgan fingerprint density at radius 1 is 1.29 bits per heavy atom. The van der Waals surface area contributed by atoms with E-state index in [4.69, 9.17) is 0 Å². The third-order valence-corrected chi connectivity index (χ3v) is 5.95. The number of fused-ring (bicyclic) bond motifs is 1. The molecule has 0 amide bonds. The fraction of sp³-hybridized carbons (Fsp3) is 0.333. The second-order valence-corrected chi connectivity index (χ2v) is 8.36. The lowest BCUT2D eigenvalue weighted by atomic mass is 10.3. The fourth-order valence-electron chi connectivity index (χ4n) is 2.51. The summed E-state index contributed by atoms with van der Waals surface area (Å²) in [5, 5.41) is 4.35. The standard InChI is InChI=1S/C15H18N4O3S2/c1-10-8-11(2)19(18-10)7-3-6-16-24(21,22)12-4-5-13-14(9-12)23-15(20)17-13/h4-5,8-9,16H,3,6-7H2,1-2H3,(H,17,20). The molecule has 0 fully saturated rings. The van der Waals surface area contributed by atoms with E-state index in [1.807, 2.05) is 24.6 Å². The largest absolute Gasteiger partial charge is 0.312 e. The molecular formula is C15H18N4O3S2. The average Bonchev–Trinajstić information content (AvgIpc) is 3.03. The Labute approximate surface area is 143 Å². The van der Waals surface area contributed by atoms with Gasteiger partial charge in [-0.05, 0) is 44.5 Å². The van der Waals surface area contributed by atoms with E-state index in [0.29, 0.717) is 29.7 Å². The van der Waals surface area contributed by atoms with Gasteiger partial charge in [-0.15, -0.1) is 0 Å². The van der Waals surface area contributed by atoms with Crippen molar-refractivity contribution in [1.82, 2.24) is 19.5 Å². The number of hydrogen-bond acceptors (Lipinski definition) is 5. The van der Waals surface area contributed by atoms with Crippen LogP contribution >= 0.6 is 11.3 Å². The molecule has 2 aromatic heterocycles. The van der Waals surface area contributed by atoms with Crippen molar-refractivity contribution in [1.29, 1.82) is 0 Å². The summed E-state index contributed by atoms with van der Waals surface area (Å²) in [6.07, 6.45) is 0.640. The lowest BCUT2D eigenvalue weighted by Gasteiger charge is -2.08. The minimum Gasteiger partial charge on any atom is -0.312 e. The van der Waals surface area contributed by atoms with E-state index in [-0.39, 0.29) is 9.77 Å². The van der Waals surface area contributed by atoms with Crippen LogP contribution in [0.3, 0.4) is 0 Å².